The van der Waals surface area contributed by atoms with E-state index in [0.717, 1.165) is 12.8 Å². The van der Waals surface area contributed by atoms with Gasteiger partial charge in [-0.25, -0.2) is 3.11 Å². The average molecular weight is 380 g/mol. The van der Waals surface area contributed by atoms with Crippen molar-refractivity contribution < 1.29 is 9.59 Å². The maximum absolute atomic E-state index is 12.5. The molecule has 1 heterocycles. The summed E-state index contributed by atoms with van der Waals surface area (Å²) in [4.78, 5) is 24.8. The summed E-state index contributed by atoms with van der Waals surface area (Å²) in [5.74, 6) is -0.586. The van der Waals surface area contributed by atoms with E-state index in [2.05, 4.69) is 11.9 Å². The third-order valence-electron chi connectivity index (χ3n) is 3.39. The normalized spacial score (nSPS) is 25.9. The number of hydrogen-bond acceptors (Lipinski definition) is 3. The number of rotatable bonds is 5. The lowest BCUT2D eigenvalue weighted by Crippen LogP contribution is -2.63. The second-order valence-electron chi connectivity index (χ2n) is 4.50. The molecule has 0 bridgehead atoms. The number of nitrogens with zero attached hydrogens (tertiary/aromatic N) is 1. The minimum absolute atomic E-state index is 0.0478. The lowest BCUT2D eigenvalue weighted by Gasteiger charge is -2.41. The van der Waals surface area contributed by atoms with Crippen molar-refractivity contribution in [3.8, 4) is 0 Å². The molecular formula is C12H17IN2O2S. The topological polar surface area (TPSA) is 49.4 Å². The van der Waals surface area contributed by atoms with Crippen molar-refractivity contribution in [2.45, 2.75) is 33.1 Å². The largest absolute Gasteiger partial charge is 0.301 e. The standard InChI is InChI=1S/C12H17IN2O2S/c1-4-6-8(3)12(7-5-2)9(16)14-11(18)15(13)10(12)17/h5,8H,2,4,6-7H2,1,3H3,(H,14,16,18). The first kappa shape index (κ1) is 15.6. The highest BCUT2D eigenvalue weighted by Gasteiger charge is 2.54. The highest BCUT2D eigenvalue weighted by molar-refractivity contribution is 14.1. The van der Waals surface area contributed by atoms with Gasteiger partial charge in [-0.1, -0.05) is 26.3 Å². The molecule has 2 amide bonds. The Morgan fingerprint density at radius 2 is 2.22 bits per heavy atom. The minimum Gasteiger partial charge on any atom is -0.301 e. The maximum Gasteiger partial charge on any atom is 0.254 e. The minimum atomic E-state index is -1.07. The van der Waals surface area contributed by atoms with Gasteiger partial charge in [0.15, 0.2) is 5.11 Å². The molecule has 0 spiro atoms. The molecule has 1 aliphatic rings. The van der Waals surface area contributed by atoms with Crippen LogP contribution < -0.4 is 5.32 Å². The molecule has 2 atom stereocenters. The SMILES string of the molecule is C=CCC1(C(C)CCC)C(=O)NC(=S)N(I)C1=O. The first-order valence-electron chi connectivity index (χ1n) is 5.88. The number of nitrogens with one attached hydrogen (secondary N) is 1. The van der Waals surface area contributed by atoms with E-state index in [-0.39, 0.29) is 22.8 Å². The molecule has 1 N–H and O–H groups in total. The summed E-state index contributed by atoms with van der Waals surface area (Å²) >= 11 is 6.80. The molecule has 0 saturated carbocycles. The van der Waals surface area contributed by atoms with Gasteiger partial charge >= 0.3 is 0 Å². The van der Waals surface area contributed by atoms with Gasteiger partial charge < -0.3 is 5.32 Å². The Bertz CT molecular complexity index is 400. The van der Waals surface area contributed by atoms with Gasteiger partial charge in [-0.15, -0.1) is 6.58 Å². The quantitative estimate of drug-likeness (QED) is 0.262. The van der Waals surface area contributed by atoms with Crippen molar-refractivity contribution in [3.63, 3.8) is 0 Å². The molecule has 1 rings (SSSR count). The van der Waals surface area contributed by atoms with Gasteiger partial charge in [0.25, 0.3) is 5.91 Å². The molecule has 1 fully saturated rings. The fraction of sp³-hybridized carbons (Fsp3) is 0.583. The highest BCUT2D eigenvalue weighted by atomic mass is 127. The monoisotopic (exact) mass is 380 g/mol. The van der Waals surface area contributed by atoms with Crippen LogP contribution in [0.1, 0.15) is 33.1 Å². The van der Waals surface area contributed by atoms with Crippen molar-refractivity contribution in [1.82, 2.24) is 8.43 Å². The summed E-state index contributed by atoms with van der Waals surface area (Å²) < 4.78 is 1.32. The van der Waals surface area contributed by atoms with Crippen LogP contribution in [0.5, 0.6) is 0 Å². The van der Waals surface area contributed by atoms with Crippen molar-refractivity contribution in [2.75, 3.05) is 0 Å². The predicted molar refractivity (Wildman–Crippen MR) is 82.9 cm³/mol. The van der Waals surface area contributed by atoms with Crippen LogP contribution in [-0.4, -0.2) is 20.0 Å². The number of halogens is 1. The Hall–Kier alpha value is -0.500. The van der Waals surface area contributed by atoms with E-state index in [9.17, 15) is 9.59 Å². The smallest absolute Gasteiger partial charge is 0.254 e. The molecule has 4 nitrogen and oxygen atoms in total. The number of allylic oxidation sites excluding steroid dienone is 1. The molecule has 0 aromatic carbocycles. The second-order valence-corrected chi connectivity index (χ2v) is 5.85. The van der Waals surface area contributed by atoms with Crippen LogP contribution in [0, 0.1) is 11.3 Å². The molecule has 6 heteroatoms. The van der Waals surface area contributed by atoms with E-state index in [4.69, 9.17) is 12.2 Å². The predicted octanol–water partition coefficient (Wildman–Crippen LogP) is 2.58. The number of hydrogen-bond donors (Lipinski definition) is 1. The first-order chi connectivity index (χ1) is 8.41. The van der Waals surface area contributed by atoms with Gasteiger partial charge in [-0.05, 0) is 31.0 Å². The summed E-state index contributed by atoms with van der Waals surface area (Å²) in [6, 6.07) is 0. The summed E-state index contributed by atoms with van der Waals surface area (Å²) in [5, 5.41) is 2.78. The molecule has 0 aromatic heterocycles. The highest BCUT2D eigenvalue weighted by Crippen LogP contribution is 2.40. The van der Waals surface area contributed by atoms with Gasteiger partial charge in [-0.2, -0.15) is 0 Å². The zero-order chi connectivity index (χ0) is 13.9. The van der Waals surface area contributed by atoms with E-state index < -0.39 is 5.41 Å². The summed E-state index contributed by atoms with van der Waals surface area (Å²) in [6.45, 7) is 7.64. The van der Waals surface area contributed by atoms with Gasteiger partial charge in [0.2, 0.25) is 5.91 Å². The molecular weight excluding hydrogens is 363 g/mol. The van der Waals surface area contributed by atoms with Crippen molar-refractivity contribution in [2.24, 2.45) is 11.3 Å². The lowest BCUT2D eigenvalue weighted by atomic mass is 9.69. The van der Waals surface area contributed by atoms with Crippen molar-refractivity contribution >= 4 is 52.0 Å². The Labute approximate surface area is 127 Å². The molecule has 1 saturated heterocycles. The Morgan fingerprint density at radius 1 is 1.61 bits per heavy atom. The molecule has 0 aromatic rings. The van der Waals surface area contributed by atoms with E-state index in [1.165, 1.54) is 3.11 Å². The fourth-order valence-corrected chi connectivity index (χ4v) is 3.07. The number of thiocarbonyl (C=S) groups is 1. The number of amides is 2. The van der Waals surface area contributed by atoms with Crippen LogP contribution in [0.4, 0.5) is 0 Å². The zero-order valence-corrected chi connectivity index (χ0v) is 13.5. The summed E-state index contributed by atoms with van der Waals surface area (Å²) in [5.41, 5.74) is -1.07. The van der Waals surface area contributed by atoms with Gasteiger partial charge in [0, 0.05) is 0 Å². The third-order valence-corrected chi connectivity index (χ3v) is 4.93. The summed E-state index contributed by atoms with van der Waals surface area (Å²) in [6.07, 6.45) is 3.69. The Morgan fingerprint density at radius 3 is 2.72 bits per heavy atom. The maximum atomic E-state index is 12.5. The third kappa shape index (κ3) is 2.45. The molecule has 1 aliphatic heterocycles. The van der Waals surface area contributed by atoms with Gasteiger partial charge in [0.05, 0.1) is 22.9 Å². The summed E-state index contributed by atoms with van der Waals surface area (Å²) in [7, 11) is 0. The first-order valence-corrected chi connectivity index (χ1v) is 7.25. The van der Waals surface area contributed by atoms with Crippen LogP contribution >= 0.6 is 35.1 Å². The Balaban J connectivity index is 3.22. The van der Waals surface area contributed by atoms with Gasteiger partial charge in [0.1, 0.15) is 5.41 Å². The zero-order valence-electron chi connectivity index (χ0n) is 10.5. The van der Waals surface area contributed by atoms with Crippen LogP contribution in [0.3, 0.4) is 0 Å². The van der Waals surface area contributed by atoms with E-state index in [1.54, 1.807) is 6.08 Å². The number of carbonyl (C=O) groups is 2. The molecule has 100 valence electrons. The lowest BCUT2D eigenvalue weighted by molar-refractivity contribution is -0.150. The molecule has 0 aliphatic carbocycles. The Kier molecular flexibility index (Phi) is 5.27. The average Bonchev–Trinajstić information content (AvgIpc) is 2.32. The molecule has 18 heavy (non-hydrogen) atoms. The fourth-order valence-electron chi connectivity index (χ4n) is 2.35. The van der Waals surface area contributed by atoms with Crippen LogP contribution in [-0.2, 0) is 9.59 Å². The van der Waals surface area contributed by atoms with Crippen LogP contribution in [0.15, 0.2) is 12.7 Å². The number of carbonyl (C=O) groups excluding carboxylic acids is 2. The van der Waals surface area contributed by atoms with E-state index in [0.29, 0.717) is 6.42 Å². The van der Waals surface area contributed by atoms with E-state index >= 15 is 0 Å². The van der Waals surface area contributed by atoms with Gasteiger partial charge in [-0.3, -0.25) is 9.59 Å². The van der Waals surface area contributed by atoms with Crippen molar-refractivity contribution in [1.29, 1.82) is 0 Å². The molecule has 2 unspecified atom stereocenters. The van der Waals surface area contributed by atoms with Crippen molar-refractivity contribution in [3.05, 3.63) is 12.7 Å². The van der Waals surface area contributed by atoms with E-state index in [1.807, 2.05) is 36.7 Å². The molecule has 0 radical (unpaired) electrons. The second kappa shape index (κ2) is 6.10. The van der Waals surface area contributed by atoms with Crippen LogP contribution in [0.25, 0.3) is 0 Å². The van der Waals surface area contributed by atoms with Crippen LogP contribution in [0.2, 0.25) is 0 Å².